The molecule has 1 rings (SSSR count). The van der Waals surface area contributed by atoms with Crippen LogP contribution >= 0.6 is 0 Å². The highest BCUT2D eigenvalue weighted by molar-refractivity contribution is 5.79. The second kappa shape index (κ2) is 3.76. The first kappa shape index (κ1) is 8.59. The number of urea groups is 1. The van der Waals surface area contributed by atoms with Gasteiger partial charge in [-0.05, 0) is 18.6 Å². The van der Waals surface area contributed by atoms with Crippen LogP contribution in [0.4, 0.5) is 4.79 Å². The summed E-state index contributed by atoms with van der Waals surface area (Å²) in [5.41, 5.74) is 1.91. The Balaban J connectivity index is 2.85. The predicted octanol–water partition coefficient (Wildman–Crippen LogP) is 1.32. The minimum Gasteiger partial charge on any atom is -0.334 e. The molecule has 2 N–H and O–H groups in total. The minimum absolute atomic E-state index is 0.159. The summed E-state index contributed by atoms with van der Waals surface area (Å²) >= 11 is 0. The van der Waals surface area contributed by atoms with Crippen molar-refractivity contribution in [3.63, 3.8) is 0 Å². The van der Waals surface area contributed by atoms with Crippen LogP contribution in [-0.2, 0) is 0 Å². The molecule has 0 aromatic rings. The van der Waals surface area contributed by atoms with Crippen LogP contribution in [0.25, 0.3) is 0 Å². The molecule has 1 saturated heterocycles. The van der Waals surface area contributed by atoms with E-state index < -0.39 is 0 Å². The minimum atomic E-state index is -0.159. The lowest BCUT2D eigenvalue weighted by molar-refractivity contribution is 0.242. The second-order valence-corrected chi connectivity index (χ2v) is 2.44. The van der Waals surface area contributed by atoms with Crippen LogP contribution in [0, 0.1) is 0 Å². The molecular formula is C9H12N2O. The number of carbonyl (C=O) groups excluding carboxylic acids is 1. The summed E-state index contributed by atoms with van der Waals surface area (Å²) in [5.74, 6) is 0. The van der Waals surface area contributed by atoms with Crippen molar-refractivity contribution in [2.45, 2.75) is 6.92 Å². The van der Waals surface area contributed by atoms with Crippen LogP contribution in [-0.4, -0.2) is 12.6 Å². The van der Waals surface area contributed by atoms with E-state index in [-0.39, 0.29) is 6.03 Å². The van der Waals surface area contributed by atoms with Crippen molar-refractivity contribution in [2.24, 2.45) is 0 Å². The van der Waals surface area contributed by atoms with E-state index >= 15 is 0 Å². The van der Waals surface area contributed by atoms with E-state index in [1.807, 2.05) is 13.0 Å². The first-order chi connectivity index (χ1) is 5.77. The molecule has 12 heavy (non-hydrogen) atoms. The Bertz CT molecular complexity index is 264. The van der Waals surface area contributed by atoms with E-state index in [2.05, 4.69) is 17.2 Å². The van der Waals surface area contributed by atoms with E-state index in [4.69, 9.17) is 0 Å². The molecule has 1 aliphatic heterocycles. The van der Waals surface area contributed by atoms with Crippen molar-refractivity contribution >= 4 is 6.03 Å². The fourth-order valence-corrected chi connectivity index (χ4v) is 1.04. The van der Waals surface area contributed by atoms with Crippen molar-refractivity contribution in [1.29, 1.82) is 0 Å². The zero-order valence-electron chi connectivity index (χ0n) is 7.05. The van der Waals surface area contributed by atoms with Gasteiger partial charge in [0.05, 0.1) is 0 Å². The summed E-state index contributed by atoms with van der Waals surface area (Å²) in [6, 6.07) is -0.159. The molecule has 0 unspecified atom stereocenters. The lowest BCUT2D eigenvalue weighted by Crippen LogP contribution is -2.42. The van der Waals surface area contributed by atoms with Gasteiger partial charge >= 0.3 is 6.03 Å². The van der Waals surface area contributed by atoms with Crippen molar-refractivity contribution < 1.29 is 4.79 Å². The third kappa shape index (κ3) is 1.75. The predicted molar refractivity (Wildman–Crippen MR) is 48.6 cm³/mol. The van der Waals surface area contributed by atoms with E-state index in [0.29, 0.717) is 6.54 Å². The van der Waals surface area contributed by atoms with Gasteiger partial charge in [-0.2, -0.15) is 0 Å². The average Bonchev–Trinajstić information content (AvgIpc) is 2.05. The maximum atomic E-state index is 10.9. The number of allylic oxidation sites excluding steroid dienone is 3. The van der Waals surface area contributed by atoms with Crippen LogP contribution in [0.5, 0.6) is 0 Å². The van der Waals surface area contributed by atoms with Gasteiger partial charge in [-0.3, -0.25) is 0 Å². The molecule has 0 radical (unpaired) electrons. The molecule has 64 valence electrons. The molecule has 0 spiro atoms. The molecular weight excluding hydrogens is 152 g/mol. The zero-order chi connectivity index (χ0) is 8.97. The molecule has 0 aliphatic carbocycles. The second-order valence-electron chi connectivity index (χ2n) is 2.44. The average molecular weight is 164 g/mol. The van der Waals surface area contributed by atoms with Crippen LogP contribution in [0.15, 0.2) is 36.1 Å². The lowest BCUT2D eigenvalue weighted by Gasteiger charge is -2.19. The Morgan fingerprint density at radius 1 is 1.58 bits per heavy atom. The van der Waals surface area contributed by atoms with E-state index in [0.717, 1.165) is 11.3 Å². The van der Waals surface area contributed by atoms with Crippen molar-refractivity contribution in [3.8, 4) is 0 Å². The molecule has 0 aromatic carbocycles. The Morgan fingerprint density at radius 2 is 2.33 bits per heavy atom. The van der Waals surface area contributed by atoms with Crippen LogP contribution < -0.4 is 10.6 Å². The summed E-state index contributed by atoms with van der Waals surface area (Å²) in [7, 11) is 0. The largest absolute Gasteiger partial charge is 0.334 e. The van der Waals surface area contributed by atoms with Crippen LogP contribution in [0.3, 0.4) is 0 Å². The molecule has 1 fully saturated rings. The topological polar surface area (TPSA) is 41.1 Å². The lowest BCUT2D eigenvalue weighted by atomic mass is 10.1. The van der Waals surface area contributed by atoms with Gasteiger partial charge < -0.3 is 10.6 Å². The Kier molecular flexibility index (Phi) is 2.69. The fourth-order valence-electron chi connectivity index (χ4n) is 1.04. The number of amides is 2. The molecule has 3 heteroatoms. The highest BCUT2D eigenvalue weighted by Crippen LogP contribution is 2.09. The highest BCUT2D eigenvalue weighted by atomic mass is 16.2. The maximum absolute atomic E-state index is 10.9. The zero-order valence-corrected chi connectivity index (χ0v) is 7.05. The van der Waals surface area contributed by atoms with Gasteiger partial charge in [0.2, 0.25) is 0 Å². The highest BCUT2D eigenvalue weighted by Gasteiger charge is 2.13. The SMILES string of the molecule is C=C/C=C1/NC(=O)NC/C1=C/C. The molecule has 3 nitrogen and oxygen atoms in total. The summed E-state index contributed by atoms with van der Waals surface area (Å²) in [6.07, 6.45) is 5.40. The fraction of sp³-hybridized carbons (Fsp3) is 0.222. The monoisotopic (exact) mass is 164 g/mol. The molecule has 0 atom stereocenters. The van der Waals surface area contributed by atoms with E-state index in [1.54, 1.807) is 12.2 Å². The van der Waals surface area contributed by atoms with Gasteiger partial charge in [-0.15, -0.1) is 0 Å². The molecule has 0 saturated carbocycles. The number of hydrogen-bond donors (Lipinski definition) is 2. The normalized spacial score (nSPS) is 23.6. The summed E-state index contributed by atoms with van der Waals surface area (Å²) < 4.78 is 0. The van der Waals surface area contributed by atoms with Crippen molar-refractivity contribution in [1.82, 2.24) is 10.6 Å². The van der Waals surface area contributed by atoms with Gasteiger partial charge in [-0.1, -0.05) is 18.7 Å². The van der Waals surface area contributed by atoms with E-state index in [9.17, 15) is 4.79 Å². The number of carbonyl (C=O) groups is 1. The van der Waals surface area contributed by atoms with Gasteiger partial charge in [0, 0.05) is 12.2 Å². The third-order valence-electron chi connectivity index (χ3n) is 1.67. The Hall–Kier alpha value is -1.51. The first-order valence-electron chi connectivity index (χ1n) is 3.81. The van der Waals surface area contributed by atoms with Gasteiger partial charge in [0.25, 0.3) is 0 Å². The summed E-state index contributed by atoms with van der Waals surface area (Å²) in [4.78, 5) is 10.9. The molecule has 0 bridgehead atoms. The Morgan fingerprint density at radius 3 is 2.92 bits per heavy atom. The number of nitrogens with one attached hydrogen (secondary N) is 2. The smallest absolute Gasteiger partial charge is 0.319 e. The van der Waals surface area contributed by atoms with Crippen LogP contribution in [0.1, 0.15) is 6.92 Å². The molecule has 1 heterocycles. The standard InChI is InChI=1S/C9H12N2O/c1-3-5-8-7(4-2)6-10-9(12)11-8/h3-5H,1,6H2,2H3,(H2,10,11,12)/b7-4-,8-5+. The van der Waals surface area contributed by atoms with Crippen molar-refractivity contribution in [3.05, 3.63) is 36.1 Å². The van der Waals surface area contributed by atoms with Gasteiger partial charge in [0.15, 0.2) is 0 Å². The van der Waals surface area contributed by atoms with E-state index in [1.165, 1.54) is 0 Å². The quantitative estimate of drug-likeness (QED) is 0.603. The van der Waals surface area contributed by atoms with Crippen molar-refractivity contribution in [2.75, 3.05) is 6.54 Å². The van der Waals surface area contributed by atoms with Gasteiger partial charge in [-0.25, -0.2) is 4.79 Å². The van der Waals surface area contributed by atoms with Crippen LogP contribution in [0.2, 0.25) is 0 Å². The molecule has 1 aliphatic rings. The summed E-state index contributed by atoms with van der Waals surface area (Å²) in [6.45, 7) is 6.09. The van der Waals surface area contributed by atoms with Gasteiger partial charge in [0.1, 0.15) is 0 Å². The first-order valence-corrected chi connectivity index (χ1v) is 3.81. The maximum Gasteiger partial charge on any atom is 0.319 e. The molecule has 2 amide bonds. The molecule has 0 aromatic heterocycles. The summed E-state index contributed by atoms with van der Waals surface area (Å²) in [5, 5.41) is 5.37. The Labute approximate surface area is 71.8 Å². The number of hydrogen-bond acceptors (Lipinski definition) is 1. The third-order valence-corrected chi connectivity index (χ3v) is 1.67. The number of rotatable bonds is 1.